The second-order valence-electron chi connectivity index (χ2n) is 4.94. The third kappa shape index (κ3) is 3.44. The maximum atomic E-state index is 12.4. The van der Waals surface area contributed by atoms with Crippen LogP contribution in [-0.4, -0.2) is 27.8 Å². The van der Waals surface area contributed by atoms with Crippen molar-refractivity contribution in [2.24, 2.45) is 0 Å². The van der Waals surface area contributed by atoms with Crippen LogP contribution >= 0.6 is 0 Å². The Hall–Kier alpha value is -2.99. The van der Waals surface area contributed by atoms with E-state index in [9.17, 15) is 4.79 Å². The van der Waals surface area contributed by atoms with Crippen molar-refractivity contribution in [2.75, 3.05) is 12.4 Å². The topological polar surface area (TPSA) is 69.0 Å². The highest BCUT2D eigenvalue weighted by atomic mass is 16.5. The van der Waals surface area contributed by atoms with Gasteiger partial charge in [-0.05, 0) is 29.8 Å². The lowest BCUT2D eigenvalue weighted by Crippen LogP contribution is -2.14. The summed E-state index contributed by atoms with van der Waals surface area (Å²) in [6.07, 6.45) is 3.04. The third-order valence-corrected chi connectivity index (χ3v) is 3.34. The largest absolute Gasteiger partial charge is 0.380 e. The van der Waals surface area contributed by atoms with Crippen molar-refractivity contribution in [1.82, 2.24) is 14.8 Å². The molecule has 3 aromatic rings. The van der Waals surface area contributed by atoms with Gasteiger partial charge in [0, 0.05) is 12.7 Å². The molecule has 0 aliphatic heterocycles. The standard InChI is InChI=1S/C17H16N4O2/c1-23-10-13-6-8-14(9-7-13)17(22)20-15-4-2-3-5-16(15)21-12-18-11-19-21/h2-9,11-12H,10H2,1H3,(H,20,22). The molecule has 1 amide bonds. The van der Waals surface area contributed by atoms with Crippen molar-refractivity contribution in [3.8, 4) is 5.69 Å². The van der Waals surface area contributed by atoms with Crippen LogP contribution < -0.4 is 5.32 Å². The Kier molecular flexibility index (Phi) is 4.44. The first-order valence-electron chi connectivity index (χ1n) is 7.11. The SMILES string of the molecule is COCc1ccc(C(=O)Nc2ccccc2-n2cncn2)cc1. The number of para-hydroxylation sites is 2. The minimum atomic E-state index is -0.179. The number of carbonyl (C=O) groups is 1. The molecule has 0 aliphatic carbocycles. The van der Waals surface area contributed by atoms with Crippen molar-refractivity contribution in [3.63, 3.8) is 0 Å². The first-order valence-corrected chi connectivity index (χ1v) is 7.11. The zero-order valence-electron chi connectivity index (χ0n) is 12.6. The molecule has 0 aliphatic rings. The highest BCUT2D eigenvalue weighted by molar-refractivity contribution is 6.05. The van der Waals surface area contributed by atoms with Crippen molar-refractivity contribution < 1.29 is 9.53 Å². The zero-order valence-corrected chi connectivity index (χ0v) is 12.6. The van der Waals surface area contributed by atoms with Crippen LogP contribution in [0.3, 0.4) is 0 Å². The highest BCUT2D eigenvalue weighted by Crippen LogP contribution is 2.19. The molecule has 0 atom stereocenters. The molecule has 3 rings (SSSR count). The number of carbonyl (C=O) groups excluding carboxylic acids is 1. The van der Waals surface area contributed by atoms with Gasteiger partial charge in [0.25, 0.3) is 5.91 Å². The molecular formula is C17H16N4O2. The molecule has 2 aromatic carbocycles. The van der Waals surface area contributed by atoms with E-state index in [4.69, 9.17) is 4.74 Å². The predicted octanol–water partition coefficient (Wildman–Crippen LogP) is 2.67. The van der Waals surface area contributed by atoms with Gasteiger partial charge in [0.1, 0.15) is 12.7 Å². The summed E-state index contributed by atoms with van der Waals surface area (Å²) in [7, 11) is 1.64. The molecule has 6 nitrogen and oxygen atoms in total. The Morgan fingerprint density at radius 3 is 2.65 bits per heavy atom. The van der Waals surface area contributed by atoms with Crippen LogP contribution in [0.2, 0.25) is 0 Å². The number of ether oxygens (including phenoxy) is 1. The van der Waals surface area contributed by atoms with Crippen LogP contribution in [0.1, 0.15) is 15.9 Å². The van der Waals surface area contributed by atoms with Gasteiger partial charge in [-0.1, -0.05) is 24.3 Å². The molecule has 6 heteroatoms. The fourth-order valence-electron chi connectivity index (χ4n) is 2.23. The average molecular weight is 308 g/mol. The van der Waals surface area contributed by atoms with E-state index in [2.05, 4.69) is 15.4 Å². The summed E-state index contributed by atoms with van der Waals surface area (Å²) < 4.78 is 6.67. The monoisotopic (exact) mass is 308 g/mol. The molecular weight excluding hydrogens is 292 g/mol. The maximum Gasteiger partial charge on any atom is 0.255 e. The summed E-state index contributed by atoms with van der Waals surface area (Å²) in [4.78, 5) is 16.3. The van der Waals surface area contributed by atoms with Gasteiger partial charge in [-0.25, -0.2) is 9.67 Å². The lowest BCUT2D eigenvalue weighted by molar-refractivity contribution is 0.102. The van der Waals surface area contributed by atoms with Crippen LogP contribution in [-0.2, 0) is 11.3 Å². The summed E-state index contributed by atoms with van der Waals surface area (Å²) in [5.74, 6) is -0.179. The molecule has 1 heterocycles. The molecule has 0 fully saturated rings. The van der Waals surface area contributed by atoms with Gasteiger partial charge in [0.05, 0.1) is 18.0 Å². The molecule has 116 valence electrons. The number of anilines is 1. The van der Waals surface area contributed by atoms with Crippen LogP contribution in [0.5, 0.6) is 0 Å². The average Bonchev–Trinajstić information content (AvgIpc) is 3.10. The number of amides is 1. The fraction of sp³-hybridized carbons (Fsp3) is 0.118. The van der Waals surface area contributed by atoms with E-state index in [1.807, 2.05) is 36.4 Å². The molecule has 23 heavy (non-hydrogen) atoms. The number of aromatic nitrogens is 3. The lowest BCUT2D eigenvalue weighted by Gasteiger charge is -2.11. The number of benzene rings is 2. The van der Waals surface area contributed by atoms with E-state index in [-0.39, 0.29) is 5.91 Å². The molecule has 0 radical (unpaired) electrons. The molecule has 0 unspecified atom stereocenters. The number of hydrogen-bond acceptors (Lipinski definition) is 4. The summed E-state index contributed by atoms with van der Waals surface area (Å²) in [6, 6.07) is 14.7. The van der Waals surface area contributed by atoms with Gasteiger partial charge >= 0.3 is 0 Å². The van der Waals surface area contributed by atoms with Gasteiger partial charge < -0.3 is 10.1 Å². The van der Waals surface area contributed by atoms with Gasteiger partial charge in [-0.15, -0.1) is 0 Å². The summed E-state index contributed by atoms with van der Waals surface area (Å²) in [5, 5.41) is 7.01. The van der Waals surface area contributed by atoms with Crippen molar-refractivity contribution in [3.05, 3.63) is 72.3 Å². The smallest absolute Gasteiger partial charge is 0.255 e. The normalized spacial score (nSPS) is 10.5. The Morgan fingerprint density at radius 2 is 1.96 bits per heavy atom. The quantitative estimate of drug-likeness (QED) is 0.787. The van der Waals surface area contributed by atoms with Crippen LogP contribution in [0.25, 0.3) is 5.69 Å². The third-order valence-electron chi connectivity index (χ3n) is 3.34. The Labute approximate surface area is 133 Å². The van der Waals surface area contributed by atoms with Crippen molar-refractivity contribution >= 4 is 11.6 Å². The van der Waals surface area contributed by atoms with Gasteiger partial charge in [0.15, 0.2) is 0 Å². The fourth-order valence-corrected chi connectivity index (χ4v) is 2.23. The predicted molar refractivity (Wildman–Crippen MR) is 86.5 cm³/mol. The second-order valence-corrected chi connectivity index (χ2v) is 4.94. The van der Waals surface area contributed by atoms with E-state index < -0.39 is 0 Å². The molecule has 0 bridgehead atoms. The highest BCUT2D eigenvalue weighted by Gasteiger charge is 2.10. The maximum absolute atomic E-state index is 12.4. The number of hydrogen-bond donors (Lipinski definition) is 1. The minimum absolute atomic E-state index is 0.179. The van der Waals surface area contributed by atoms with Crippen LogP contribution in [0.15, 0.2) is 61.2 Å². The number of nitrogens with zero attached hydrogens (tertiary/aromatic N) is 3. The molecule has 0 saturated heterocycles. The minimum Gasteiger partial charge on any atom is -0.380 e. The zero-order chi connectivity index (χ0) is 16.1. The lowest BCUT2D eigenvalue weighted by atomic mass is 10.1. The van der Waals surface area contributed by atoms with E-state index >= 15 is 0 Å². The Morgan fingerprint density at radius 1 is 1.17 bits per heavy atom. The summed E-state index contributed by atoms with van der Waals surface area (Å²) in [5.41, 5.74) is 3.03. The van der Waals surface area contributed by atoms with Gasteiger partial charge in [-0.2, -0.15) is 5.10 Å². The summed E-state index contributed by atoms with van der Waals surface area (Å²) in [6.45, 7) is 0.525. The van der Waals surface area contributed by atoms with E-state index in [0.717, 1.165) is 11.3 Å². The van der Waals surface area contributed by atoms with E-state index in [1.165, 1.54) is 6.33 Å². The van der Waals surface area contributed by atoms with Gasteiger partial charge in [0.2, 0.25) is 0 Å². The number of nitrogens with one attached hydrogen (secondary N) is 1. The molecule has 0 saturated carbocycles. The molecule has 0 spiro atoms. The number of rotatable bonds is 5. The molecule has 1 aromatic heterocycles. The van der Waals surface area contributed by atoms with Crippen molar-refractivity contribution in [2.45, 2.75) is 6.61 Å². The number of methoxy groups -OCH3 is 1. The van der Waals surface area contributed by atoms with E-state index in [0.29, 0.717) is 17.9 Å². The first kappa shape index (κ1) is 14.9. The van der Waals surface area contributed by atoms with Crippen LogP contribution in [0, 0.1) is 0 Å². The van der Waals surface area contributed by atoms with E-state index in [1.54, 1.807) is 30.3 Å². The second kappa shape index (κ2) is 6.85. The summed E-state index contributed by atoms with van der Waals surface area (Å²) >= 11 is 0. The molecule has 1 N–H and O–H groups in total. The Balaban J connectivity index is 1.81. The Bertz CT molecular complexity index is 783. The van der Waals surface area contributed by atoms with Crippen molar-refractivity contribution in [1.29, 1.82) is 0 Å². The van der Waals surface area contributed by atoms with Crippen LogP contribution in [0.4, 0.5) is 5.69 Å². The van der Waals surface area contributed by atoms with Gasteiger partial charge in [-0.3, -0.25) is 4.79 Å². The first-order chi connectivity index (χ1) is 11.3.